The van der Waals surface area contributed by atoms with Gasteiger partial charge in [-0.15, -0.1) is 0 Å². The van der Waals surface area contributed by atoms with Gasteiger partial charge in [0.1, 0.15) is 11.0 Å². The van der Waals surface area contributed by atoms with E-state index in [4.69, 9.17) is 15.7 Å². The fourth-order valence-corrected chi connectivity index (χ4v) is 0.754. The molecule has 0 bridgehead atoms. The number of aliphatic hydroxyl groups is 1. The van der Waals surface area contributed by atoms with Crippen LogP contribution in [0.4, 0.5) is 0 Å². The van der Waals surface area contributed by atoms with Gasteiger partial charge in [-0.3, -0.25) is 4.79 Å². The zero-order chi connectivity index (χ0) is 11.4. The topological polar surface area (TPSA) is 81.8 Å². The Morgan fingerprint density at radius 3 is 2.14 bits per heavy atom. The first-order valence-electron chi connectivity index (χ1n) is 4.41. The Kier molecular flexibility index (Phi) is 4.51. The Labute approximate surface area is 84.1 Å². The summed E-state index contributed by atoms with van der Waals surface area (Å²) in [6.07, 6.45) is 0. The highest BCUT2D eigenvalue weighted by Gasteiger charge is 2.37. The number of hydrogen-bond donors (Lipinski definition) is 2. The smallest absolute Gasteiger partial charge is 0.317 e. The van der Waals surface area contributed by atoms with Crippen LogP contribution < -0.4 is 5.90 Å². The molecule has 0 aromatic carbocycles. The Hall–Kier alpha value is -0.650. The van der Waals surface area contributed by atoms with Gasteiger partial charge in [-0.05, 0) is 27.7 Å². The van der Waals surface area contributed by atoms with Gasteiger partial charge in [0, 0.05) is 0 Å². The Morgan fingerprint density at radius 1 is 1.36 bits per heavy atom. The number of carbonyl (C=O) groups is 1. The summed E-state index contributed by atoms with van der Waals surface area (Å²) in [6.45, 7) is 6.37. The summed E-state index contributed by atoms with van der Waals surface area (Å²) in [7, 11) is 0. The third kappa shape index (κ3) is 4.04. The number of ether oxygens (including phenoxy) is 1. The van der Waals surface area contributed by atoms with Crippen LogP contribution in [0.1, 0.15) is 27.7 Å². The molecule has 1 atom stereocenters. The first-order chi connectivity index (χ1) is 6.25. The predicted octanol–water partition coefficient (Wildman–Crippen LogP) is 0.217. The van der Waals surface area contributed by atoms with Crippen molar-refractivity contribution in [3.8, 4) is 0 Å². The van der Waals surface area contributed by atoms with Gasteiger partial charge < -0.3 is 14.7 Å². The lowest BCUT2D eigenvalue weighted by Gasteiger charge is -2.28. The van der Waals surface area contributed by atoms with Crippen LogP contribution in [-0.2, 0) is 14.4 Å². The second-order valence-corrected chi connectivity index (χ2v) is 4.53. The van der Waals surface area contributed by atoms with Gasteiger partial charge in [0.15, 0.2) is 0 Å². The van der Waals surface area contributed by atoms with Gasteiger partial charge in [0.2, 0.25) is 0 Å². The quantitative estimate of drug-likeness (QED) is 0.506. The molecule has 0 saturated heterocycles. The maximum Gasteiger partial charge on any atom is 0.317 e. The fraction of sp³-hybridized carbons (Fsp3) is 0.889. The zero-order valence-corrected chi connectivity index (χ0v) is 9.16. The van der Waals surface area contributed by atoms with Crippen LogP contribution in [0, 0.1) is 5.41 Å². The van der Waals surface area contributed by atoms with Crippen molar-refractivity contribution in [3.05, 3.63) is 0 Å². The molecule has 0 aliphatic carbocycles. The second kappa shape index (κ2) is 4.72. The molecule has 84 valence electrons. The van der Waals surface area contributed by atoms with E-state index in [0.29, 0.717) is 0 Å². The van der Waals surface area contributed by atoms with E-state index >= 15 is 0 Å². The van der Waals surface area contributed by atoms with Crippen molar-refractivity contribution in [2.45, 2.75) is 33.3 Å². The van der Waals surface area contributed by atoms with E-state index in [1.54, 1.807) is 20.8 Å². The Morgan fingerprint density at radius 2 is 1.86 bits per heavy atom. The summed E-state index contributed by atoms with van der Waals surface area (Å²) < 4.78 is 5.11. The molecule has 0 radical (unpaired) electrons. The van der Waals surface area contributed by atoms with Crippen molar-refractivity contribution >= 4 is 5.97 Å². The van der Waals surface area contributed by atoms with Gasteiger partial charge in [-0.2, -0.15) is 0 Å². The monoisotopic (exact) mass is 205 g/mol. The number of esters is 1. The zero-order valence-electron chi connectivity index (χ0n) is 9.16. The van der Waals surface area contributed by atoms with Gasteiger partial charge in [-0.1, -0.05) is 0 Å². The third-order valence-electron chi connectivity index (χ3n) is 1.64. The van der Waals surface area contributed by atoms with Crippen LogP contribution in [0.3, 0.4) is 0 Å². The first-order valence-corrected chi connectivity index (χ1v) is 4.41. The molecule has 0 rings (SSSR count). The van der Waals surface area contributed by atoms with Crippen LogP contribution in [-0.4, -0.2) is 29.9 Å². The summed E-state index contributed by atoms with van der Waals surface area (Å²) in [4.78, 5) is 16.0. The number of carbonyl (C=O) groups excluding carboxylic acids is 1. The highest BCUT2D eigenvalue weighted by Crippen LogP contribution is 2.21. The molecule has 0 saturated carbocycles. The average molecular weight is 205 g/mol. The maximum absolute atomic E-state index is 11.6. The molecular formula is C9H19NO4. The summed E-state index contributed by atoms with van der Waals surface area (Å²) in [6, 6.07) is 0. The number of nitrogens with two attached hydrogens (primary N) is 1. The maximum atomic E-state index is 11.6. The molecule has 0 aromatic rings. The van der Waals surface area contributed by atoms with Crippen molar-refractivity contribution in [1.82, 2.24) is 0 Å². The van der Waals surface area contributed by atoms with Crippen LogP contribution >= 0.6 is 0 Å². The van der Waals surface area contributed by atoms with Crippen molar-refractivity contribution in [2.24, 2.45) is 11.3 Å². The van der Waals surface area contributed by atoms with Crippen molar-refractivity contribution in [3.63, 3.8) is 0 Å². The molecular weight excluding hydrogens is 186 g/mol. The third-order valence-corrected chi connectivity index (χ3v) is 1.64. The SMILES string of the molecule is CC(C)(C)OC(=O)C(C)(CO)CON. The molecule has 0 amide bonds. The lowest BCUT2D eigenvalue weighted by molar-refractivity contribution is -0.173. The fourth-order valence-electron chi connectivity index (χ4n) is 0.754. The number of rotatable bonds is 4. The van der Waals surface area contributed by atoms with E-state index in [0.717, 1.165) is 0 Å². The van der Waals surface area contributed by atoms with E-state index in [-0.39, 0.29) is 13.2 Å². The minimum Gasteiger partial charge on any atom is -0.459 e. The van der Waals surface area contributed by atoms with Crippen molar-refractivity contribution in [1.29, 1.82) is 0 Å². The summed E-state index contributed by atoms with van der Waals surface area (Å²) in [5.74, 6) is 4.36. The van der Waals surface area contributed by atoms with Crippen LogP contribution in [0.5, 0.6) is 0 Å². The minimum absolute atomic E-state index is 0.0710. The standard InChI is InChI=1S/C9H19NO4/c1-8(2,3)14-7(12)9(4,5-11)6-13-10/h11H,5-6,10H2,1-4H3. The lowest BCUT2D eigenvalue weighted by Crippen LogP contribution is -2.42. The Bertz CT molecular complexity index is 199. The molecule has 0 aliphatic rings. The molecule has 14 heavy (non-hydrogen) atoms. The number of hydrogen-bond acceptors (Lipinski definition) is 5. The second-order valence-electron chi connectivity index (χ2n) is 4.53. The highest BCUT2D eigenvalue weighted by molar-refractivity contribution is 5.77. The minimum atomic E-state index is -1.10. The summed E-state index contributed by atoms with van der Waals surface area (Å²) >= 11 is 0. The first kappa shape index (κ1) is 13.4. The van der Waals surface area contributed by atoms with E-state index in [2.05, 4.69) is 4.84 Å². The van der Waals surface area contributed by atoms with Crippen LogP contribution in [0.25, 0.3) is 0 Å². The summed E-state index contributed by atoms with van der Waals surface area (Å²) in [5, 5.41) is 9.05. The average Bonchev–Trinajstić information content (AvgIpc) is 2.01. The molecule has 3 N–H and O–H groups in total. The summed E-state index contributed by atoms with van der Waals surface area (Å²) in [5.41, 5.74) is -1.68. The molecule has 1 unspecified atom stereocenters. The number of aliphatic hydroxyl groups excluding tert-OH is 1. The molecule has 5 heteroatoms. The van der Waals surface area contributed by atoms with Crippen LogP contribution in [0.15, 0.2) is 0 Å². The Balaban J connectivity index is 4.46. The van der Waals surface area contributed by atoms with Gasteiger partial charge in [-0.25, -0.2) is 5.90 Å². The van der Waals surface area contributed by atoms with Gasteiger partial charge >= 0.3 is 5.97 Å². The van der Waals surface area contributed by atoms with E-state index < -0.39 is 17.0 Å². The van der Waals surface area contributed by atoms with E-state index in [1.165, 1.54) is 6.92 Å². The molecule has 0 spiro atoms. The lowest BCUT2D eigenvalue weighted by atomic mass is 9.93. The highest BCUT2D eigenvalue weighted by atomic mass is 16.6. The molecule has 0 heterocycles. The normalized spacial score (nSPS) is 16.1. The van der Waals surface area contributed by atoms with Gasteiger partial charge in [0.05, 0.1) is 13.2 Å². The van der Waals surface area contributed by atoms with Gasteiger partial charge in [0.25, 0.3) is 0 Å². The van der Waals surface area contributed by atoms with E-state index in [9.17, 15) is 4.79 Å². The predicted molar refractivity (Wildman–Crippen MR) is 51.2 cm³/mol. The van der Waals surface area contributed by atoms with Crippen LogP contribution in [0.2, 0.25) is 0 Å². The molecule has 5 nitrogen and oxygen atoms in total. The largest absolute Gasteiger partial charge is 0.459 e. The molecule has 0 fully saturated rings. The van der Waals surface area contributed by atoms with E-state index in [1.807, 2.05) is 0 Å². The van der Waals surface area contributed by atoms with Crippen molar-refractivity contribution in [2.75, 3.05) is 13.2 Å². The molecule has 0 aromatic heterocycles. The van der Waals surface area contributed by atoms with Crippen molar-refractivity contribution < 1.29 is 19.5 Å². The molecule has 0 aliphatic heterocycles.